The topological polar surface area (TPSA) is 82.7 Å². The molecule has 0 spiro atoms. The highest BCUT2D eigenvalue weighted by molar-refractivity contribution is 6.05. The first kappa shape index (κ1) is 19.0. The lowest BCUT2D eigenvalue weighted by Crippen LogP contribution is -2.45. The number of fused-ring (bicyclic) bond motifs is 2. The molecular formula is C21H24FN5O3. The summed E-state index contributed by atoms with van der Waals surface area (Å²) in [5.41, 5.74) is 1.91. The van der Waals surface area contributed by atoms with E-state index < -0.39 is 11.9 Å². The molecule has 9 heteroatoms. The summed E-state index contributed by atoms with van der Waals surface area (Å²) in [5, 5.41) is 6.58. The summed E-state index contributed by atoms with van der Waals surface area (Å²) < 4.78 is 28.3. The van der Waals surface area contributed by atoms with E-state index in [9.17, 15) is 9.18 Å². The van der Waals surface area contributed by atoms with Crippen molar-refractivity contribution in [1.82, 2.24) is 19.2 Å². The third kappa shape index (κ3) is 2.96. The summed E-state index contributed by atoms with van der Waals surface area (Å²) in [6, 6.07) is 2.93. The van der Waals surface area contributed by atoms with Crippen LogP contribution in [-0.4, -0.2) is 43.4 Å². The number of carbonyl (C=O) groups excluding carboxylic acids is 1. The fraction of sp³-hybridized carbons (Fsp3) is 0.476. The number of amides is 1. The van der Waals surface area contributed by atoms with Crippen LogP contribution in [0.15, 0.2) is 24.5 Å². The first-order valence-electron chi connectivity index (χ1n) is 10.0. The zero-order valence-corrected chi connectivity index (χ0v) is 17.4. The van der Waals surface area contributed by atoms with Gasteiger partial charge in [0.2, 0.25) is 5.95 Å². The van der Waals surface area contributed by atoms with Crippen molar-refractivity contribution in [2.24, 2.45) is 7.05 Å². The number of rotatable bonds is 5. The van der Waals surface area contributed by atoms with Crippen LogP contribution in [0.25, 0.3) is 5.65 Å². The van der Waals surface area contributed by atoms with Crippen molar-refractivity contribution < 1.29 is 18.7 Å². The number of nitrogens with one attached hydrogen (secondary N) is 1. The Morgan fingerprint density at radius 3 is 2.70 bits per heavy atom. The molecule has 5 heterocycles. The van der Waals surface area contributed by atoms with E-state index in [4.69, 9.17) is 14.5 Å². The van der Waals surface area contributed by atoms with Gasteiger partial charge in [-0.1, -0.05) is 0 Å². The summed E-state index contributed by atoms with van der Waals surface area (Å²) in [7, 11) is 1.47. The predicted molar refractivity (Wildman–Crippen MR) is 107 cm³/mol. The van der Waals surface area contributed by atoms with Gasteiger partial charge in [0.25, 0.3) is 5.91 Å². The van der Waals surface area contributed by atoms with Gasteiger partial charge in [-0.25, -0.2) is 9.67 Å². The third-order valence-electron chi connectivity index (χ3n) is 5.89. The smallest absolute Gasteiger partial charge is 0.262 e. The molecule has 2 saturated heterocycles. The number of halogens is 1. The molecule has 30 heavy (non-hydrogen) atoms. The van der Waals surface area contributed by atoms with Gasteiger partial charge in [0.15, 0.2) is 5.82 Å². The van der Waals surface area contributed by atoms with Crippen LogP contribution in [0.5, 0.6) is 5.75 Å². The zero-order valence-electron chi connectivity index (χ0n) is 17.4. The minimum Gasteiger partial charge on any atom is -0.490 e. The average Bonchev–Trinajstić information content (AvgIpc) is 3.36. The van der Waals surface area contributed by atoms with Crippen LogP contribution in [0.2, 0.25) is 0 Å². The van der Waals surface area contributed by atoms with Crippen LogP contribution in [0.1, 0.15) is 49.7 Å². The Hall–Kier alpha value is -2.94. The molecule has 6 rings (SSSR count). The summed E-state index contributed by atoms with van der Waals surface area (Å²) in [5.74, 6) is -0.413. The number of pyridine rings is 1. The maximum absolute atomic E-state index is 13.6. The van der Waals surface area contributed by atoms with Crippen LogP contribution in [0.3, 0.4) is 0 Å². The molecule has 3 aliphatic rings. The highest BCUT2D eigenvalue weighted by Gasteiger charge is 2.61. The predicted octanol–water partition coefficient (Wildman–Crippen LogP) is 3.07. The van der Waals surface area contributed by atoms with Crippen LogP contribution in [0.4, 0.5) is 10.2 Å². The monoisotopic (exact) mass is 413 g/mol. The van der Waals surface area contributed by atoms with Crippen LogP contribution in [0, 0.1) is 5.95 Å². The molecule has 2 bridgehead atoms. The van der Waals surface area contributed by atoms with Crippen molar-refractivity contribution in [3.63, 3.8) is 0 Å². The average molecular weight is 413 g/mol. The van der Waals surface area contributed by atoms with Crippen LogP contribution in [-0.2, 0) is 17.2 Å². The molecule has 0 unspecified atom stereocenters. The Morgan fingerprint density at radius 1 is 1.33 bits per heavy atom. The SMILES string of the molecule is CC(C)Oc1cc2nc(C34COC(C)(C3)C4)cn2cc1C(=O)Nc1cc(F)n(C)n1. The van der Waals surface area contributed by atoms with Gasteiger partial charge in [-0.3, -0.25) is 4.79 Å². The van der Waals surface area contributed by atoms with Gasteiger partial charge in [0, 0.05) is 37.0 Å². The quantitative estimate of drug-likeness (QED) is 0.695. The Labute approximate surface area is 173 Å². The zero-order chi connectivity index (χ0) is 21.3. The van der Waals surface area contributed by atoms with Gasteiger partial charge < -0.3 is 19.2 Å². The van der Waals surface area contributed by atoms with Crippen molar-refractivity contribution in [2.75, 3.05) is 11.9 Å². The van der Waals surface area contributed by atoms with E-state index in [0.29, 0.717) is 23.6 Å². The molecule has 2 aliphatic heterocycles. The van der Waals surface area contributed by atoms with E-state index in [2.05, 4.69) is 17.3 Å². The summed E-state index contributed by atoms with van der Waals surface area (Å²) in [6.45, 7) is 6.58. The maximum Gasteiger partial charge on any atom is 0.262 e. The minimum atomic E-state index is -0.538. The van der Waals surface area contributed by atoms with Gasteiger partial charge in [-0.15, -0.1) is 0 Å². The number of carbonyl (C=O) groups is 1. The van der Waals surface area contributed by atoms with Gasteiger partial charge in [-0.2, -0.15) is 9.49 Å². The summed E-state index contributed by atoms with van der Waals surface area (Å²) in [4.78, 5) is 17.7. The molecule has 1 aliphatic carbocycles. The summed E-state index contributed by atoms with van der Waals surface area (Å²) in [6.07, 6.45) is 5.44. The van der Waals surface area contributed by atoms with Gasteiger partial charge in [0.1, 0.15) is 11.4 Å². The number of hydrogen-bond donors (Lipinski definition) is 1. The number of anilines is 1. The van der Waals surface area contributed by atoms with Gasteiger partial charge in [0.05, 0.1) is 29.6 Å². The molecule has 158 valence electrons. The second-order valence-electron chi connectivity index (χ2n) is 8.91. The molecule has 8 nitrogen and oxygen atoms in total. The largest absolute Gasteiger partial charge is 0.490 e. The summed E-state index contributed by atoms with van der Waals surface area (Å²) >= 11 is 0. The molecule has 0 atom stereocenters. The second kappa shape index (κ2) is 6.28. The van der Waals surface area contributed by atoms with Crippen LogP contribution < -0.4 is 10.1 Å². The lowest BCUT2D eigenvalue weighted by Gasteiger charge is -2.41. The van der Waals surface area contributed by atoms with E-state index in [1.165, 1.54) is 13.1 Å². The second-order valence-corrected chi connectivity index (χ2v) is 8.91. The first-order chi connectivity index (χ1) is 14.2. The third-order valence-corrected chi connectivity index (χ3v) is 5.89. The molecule has 1 amide bonds. The van der Waals surface area contributed by atoms with E-state index in [-0.39, 0.29) is 22.9 Å². The Balaban J connectivity index is 1.51. The number of ether oxygens (including phenoxy) is 2. The Kier molecular flexibility index (Phi) is 3.99. The standard InChI is InChI=1S/C21H24FN5O3/c1-12(2)30-14-5-18-23-15(21-9-20(3,10-21)29-11-21)8-27(18)7-13(14)19(28)24-17-6-16(22)26(4)25-17/h5-8,12H,9-11H2,1-4H3,(H,24,25,28). The Bertz CT molecular complexity index is 1140. The molecule has 3 aromatic rings. The fourth-order valence-electron chi connectivity index (χ4n) is 4.63. The number of hydrogen-bond acceptors (Lipinski definition) is 5. The van der Waals surface area contributed by atoms with Gasteiger partial charge >= 0.3 is 0 Å². The molecule has 3 aromatic heterocycles. The van der Waals surface area contributed by atoms with E-state index >= 15 is 0 Å². The van der Waals surface area contributed by atoms with E-state index in [1.807, 2.05) is 24.4 Å². The molecule has 0 radical (unpaired) electrons. The highest BCUT2D eigenvalue weighted by Crippen LogP contribution is 2.58. The lowest BCUT2D eigenvalue weighted by molar-refractivity contribution is 0.0154. The van der Waals surface area contributed by atoms with Crippen molar-refractivity contribution in [1.29, 1.82) is 0 Å². The lowest BCUT2D eigenvalue weighted by atomic mass is 9.62. The van der Waals surface area contributed by atoms with Gasteiger partial charge in [-0.05, 0) is 33.6 Å². The molecule has 1 saturated carbocycles. The number of aryl methyl sites for hydroxylation is 1. The van der Waals surface area contributed by atoms with E-state index in [1.54, 1.807) is 12.3 Å². The van der Waals surface area contributed by atoms with E-state index in [0.717, 1.165) is 23.2 Å². The number of nitrogens with zero attached hydrogens (tertiary/aromatic N) is 4. The fourth-order valence-corrected chi connectivity index (χ4v) is 4.63. The number of aromatic nitrogens is 4. The van der Waals surface area contributed by atoms with Crippen molar-refractivity contribution in [3.8, 4) is 5.75 Å². The Morgan fingerprint density at radius 2 is 2.10 bits per heavy atom. The van der Waals surface area contributed by atoms with Crippen LogP contribution >= 0.6 is 0 Å². The molecule has 3 fully saturated rings. The molecule has 0 aromatic carbocycles. The minimum absolute atomic E-state index is 0.0370. The van der Waals surface area contributed by atoms with Crippen molar-refractivity contribution in [2.45, 2.75) is 50.7 Å². The molecular weight excluding hydrogens is 389 g/mol. The maximum atomic E-state index is 13.6. The highest BCUT2D eigenvalue weighted by atomic mass is 19.1. The number of imidazole rings is 1. The molecule has 1 N–H and O–H groups in total. The normalized spacial score (nSPS) is 25.0. The van der Waals surface area contributed by atoms with Crippen molar-refractivity contribution >= 4 is 17.4 Å². The van der Waals surface area contributed by atoms with Crippen molar-refractivity contribution in [3.05, 3.63) is 41.7 Å². The first-order valence-corrected chi connectivity index (χ1v) is 10.0.